The molecule has 0 aliphatic rings. The maximum atomic E-state index is 4.11. The van der Waals surface area contributed by atoms with Gasteiger partial charge in [-0.05, 0) is 19.1 Å². The molecule has 0 N–H and O–H groups in total. The van der Waals surface area contributed by atoms with E-state index in [-0.39, 0.29) is 0 Å². The summed E-state index contributed by atoms with van der Waals surface area (Å²) in [4.78, 5) is 4.11. The highest BCUT2D eigenvalue weighted by Gasteiger charge is 1.90. The van der Waals surface area contributed by atoms with Crippen LogP contribution < -0.4 is 0 Å². The zero-order chi connectivity index (χ0) is 7.40. The van der Waals surface area contributed by atoms with E-state index in [0.717, 1.165) is 11.3 Å². The number of hydrogen-bond acceptors (Lipinski definition) is 1. The molecule has 0 aliphatic heterocycles. The van der Waals surface area contributed by atoms with Crippen LogP contribution in [0, 0.1) is 0 Å². The highest BCUT2D eigenvalue weighted by Crippen LogP contribution is 2.05. The van der Waals surface area contributed by atoms with Crippen LogP contribution >= 0.6 is 0 Å². The van der Waals surface area contributed by atoms with E-state index in [1.54, 1.807) is 6.20 Å². The van der Waals surface area contributed by atoms with Gasteiger partial charge >= 0.3 is 0 Å². The Morgan fingerprint density at radius 1 is 1.60 bits per heavy atom. The number of nitrogens with zero attached hydrogens (tertiary/aromatic N) is 1. The van der Waals surface area contributed by atoms with E-state index in [2.05, 4.69) is 17.3 Å². The summed E-state index contributed by atoms with van der Waals surface area (Å²) in [6, 6.07) is 5.77. The first-order valence-corrected chi connectivity index (χ1v) is 3.12. The summed E-state index contributed by atoms with van der Waals surface area (Å²) in [5.74, 6) is 0. The van der Waals surface area contributed by atoms with Crippen molar-refractivity contribution in [2.75, 3.05) is 0 Å². The van der Waals surface area contributed by atoms with Gasteiger partial charge in [0.15, 0.2) is 0 Å². The van der Waals surface area contributed by atoms with Gasteiger partial charge in [-0.2, -0.15) is 0 Å². The topological polar surface area (TPSA) is 12.9 Å². The summed E-state index contributed by atoms with van der Waals surface area (Å²) < 4.78 is 0. The van der Waals surface area contributed by atoms with E-state index >= 15 is 0 Å². The second-order valence-corrected chi connectivity index (χ2v) is 2.02. The number of pyridine rings is 1. The molecule has 0 bridgehead atoms. The van der Waals surface area contributed by atoms with Crippen LogP contribution in [0.15, 0.2) is 36.7 Å². The van der Waals surface area contributed by atoms with Gasteiger partial charge in [0.2, 0.25) is 0 Å². The summed E-state index contributed by atoms with van der Waals surface area (Å²) in [5.41, 5.74) is 4.71. The SMILES string of the molecule is C=C=C(C)c1ccccn1. The van der Waals surface area contributed by atoms with E-state index in [0.29, 0.717) is 0 Å². The van der Waals surface area contributed by atoms with Crippen molar-refractivity contribution in [3.05, 3.63) is 42.4 Å². The first kappa shape index (κ1) is 6.79. The van der Waals surface area contributed by atoms with Crippen LogP contribution in [0.5, 0.6) is 0 Å². The van der Waals surface area contributed by atoms with Gasteiger partial charge in [-0.25, -0.2) is 0 Å². The van der Waals surface area contributed by atoms with Crippen LogP contribution in [0.1, 0.15) is 12.6 Å². The van der Waals surface area contributed by atoms with Crippen molar-refractivity contribution in [3.63, 3.8) is 0 Å². The predicted molar refractivity (Wildman–Crippen MR) is 42.5 cm³/mol. The first-order valence-electron chi connectivity index (χ1n) is 3.12. The molecule has 1 rings (SSSR count). The van der Waals surface area contributed by atoms with Crippen LogP contribution in [-0.2, 0) is 0 Å². The van der Waals surface area contributed by atoms with Crippen molar-refractivity contribution in [1.29, 1.82) is 0 Å². The van der Waals surface area contributed by atoms with Gasteiger partial charge in [0.25, 0.3) is 0 Å². The molecule has 0 aliphatic carbocycles. The zero-order valence-electron chi connectivity index (χ0n) is 5.96. The fourth-order valence-electron chi connectivity index (χ4n) is 0.675. The molecule has 0 atom stereocenters. The molecule has 1 nitrogen and oxygen atoms in total. The highest BCUT2D eigenvalue weighted by atomic mass is 14.7. The Balaban J connectivity index is 3.08. The maximum absolute atomic E-state index is 4.11. The fraction of sp³-hybridized carbons (Fsp3) is 0.111. The smallest absolute Gasteiger partial charge is 0.0735 e. The van der Waals surface area contributed by atoms with Crippen LogP contribution in [0.4, 0.5) is 0 Å². The monoisotopic (exact) mass is 131 g/mol. The molecule has 0 amide bonds. The molecule has 10 heavy (non-hydrogen) atoms. The van der Waals surface area contributed by atoms with Crippen molar-refractivity contribution in [3.8, 4) is 0 Å². The number of hydrogen-bond donors (Lipinski definition) is 0. The van der Waals surface area contributed by atoms with E-state index < -0.39 is 0 Å². The molecule has 1 aromatic rings. The Morgan fingerprint density at radius 3 is 2.90 bits per heavy atom. The Bertz CT molecular complexity index is 255. The summed E-state index contributed by atoms with van der Waals surface area (Å²) >= 11 is 0. The highest BCUT2D eigenvalue weighted by molar-refractivity contribution is 5.58. The summed E-state index contributed by atoms with van der Waals surface area (Å²) in [5, 5.41) is 0. The fourth-order valence-corrected chi connectivity index (χ4v) is 0.675. The molecule has 0 saturated carbocycles. The van der Waals surface area contributed by atoms with Gasteiger partial charge in [0.05, 0.1) is 5.69 Å². The largest absolute Gasteiger partial charge is 0.256 e. The molecular weight excluding hydrogens is 122 g/mol. The number of rotatable bonds is 1. The van der Waals surface area contributed by atoms with E-state index in [1.807, 2.05) is 25.1 Å². The Labute approximate surface area is 60.7 Å². The third-order valence-electron chi connectivity index (χ3n) is 1.31. The third-order valence-corrected chi connectivity index (χ3v) is 1.31. The Morgan fingerprint density at radius 2 is 2.40 bits per heavy atom. The average Bonchev–Trinajstić information content (AvgIpc) is 2.05. The summed E-state index contributed by atoms with van der Waals surface area (Å²) in [6.07, 6.45) is 1.76. The van der Waals surface area contributed by atoms with E-state index in [4.69, 9.17) is 0 Å². The minimum atomic E-state index is 0.942. The van der Waals surface area contributed by atoms with Crippen molar-refractivity contribution >= 4 is 5.57 Å². The van der Waals surface area contributed by atoms with Gasteiger partial charge in [-0.15, -0.1) is 5.73 Å². The summed E-state index contributed by atoms with van der Waals surface area (Å²) in [7, 11) is 0. The zero-order valence-corrected chi connectivity index (χ0v) is 5.96. The van der Waals surface area contributed by atoms with Gasteiger partial charge in [-0.1, -0.05) is 12.6 Å². The van der Waals surface area contributed by atoms with Crippen molar-refractivity contribution < 1.29 is 0 Å². The van der Waals surface area contributed by atoms with E-state index in [1.165, 1.54) is 0 Å². The Hall–Kier alpha value is -1.33. The molecular formula is C9H9N. The summed E-state index contributed by atoms with van der Waals surface area (Å²) in [6.45, 7) is 5.47. The second kappa shape index (κ2) is 3.00. The Kier molecular flexibility index (Phi) is 2.03. The molecule has 0 spiro atoms. The third kappa shape index (κ3) is 1.34. The normalized spacial score (nSPS) is 8.50. The molecule has 0 aromatic carbocycles. The van der Waals surface area contributed by atoms with Gasteiger partial charge in [-0.3, -0.25) is 4.98 Å². The van der Waals surface area contributed by atoms with Crippen LogP contribution in [-0.4, -0.2) is 4.98 Å². The molecule has 0 unspecified atom stereocenters. The van der Waals surface area contributed by atoms with E-state index in [9.17, 15) is 0 Å². The lowest BCUT2D eigenvalue weighted by atomic mass is 10.2. The minimum Gasteiger partial charge on any atom is -0.256 e. The molecule has 1 heterocycles. The minimum absolute atomic E-state index is 0.942. The average molecular weight is 131 g/mol. The van der Waals surface area contributed by atoms with Gasteiger partial charge in [0, 0.05) is 11.8 Å². The van der Waals surface area contributed by atoms with Crippen LogP contribution in [0.25, 0.3) is 5.57 Å². The molecule has 0 radical (unpaired) electrons. The second-order valence-electron chi connectivity index (χ2n) is 2.02. The molecule has 0 saturated heterocycles. The van der Waals surface area contributed by atoms with Crippen molar-refractivity contribution in [2.24, 2.45) is 0 Å². The standard InChI is InChI=1S/C9H9N/c1-3-8(2)9-6-4-5-7-10-9/h4-7H,1H2,2H3. The molecule has 50 valence electrons. The van der Waals surface area contributed by atoms with Crippen LogP contribution in [0.3, 0.4) is 0 Å². The lowest BCUT2D eigenvalue weighted by Gasteiger charge is -1.93. The quantitative estimate of drug-likeness (QED) is 0.533. The van der Waals surface area contributed by atoms with Crippen LogP contribution in [0.2, 0.25) is 0 Å². The number of allylic oxidation sites excluding steroid dienone is 1. The molecule has 1 heteroatoms. The lowest BCUT2D eigenvalue weighted by Crippen LogP contribution is -1.80. The molecule has 1 aromatic heterocycles. The molecule has 0 fully saturated rings. The van der Waals surface area contributed by atoms with Crippen molar-refractivity contribution in [2.45, 2.75) is 6.92 Å². The predicted octanol–water partition coefficient (Wildman–Crippen LogP) is 2.27. The first-order chi connectivity index (χ1) is 4.84. The number of aromatic nitrogens is 1. The van der Waals surface area contributed by atoms with Gasteiger partial charge in [0.1, 0.15) is 0 Å². The lowest BCUT2D eigenvalue weighted by molar-refractivity contribution is 1.27. The maximum Gasteiger partial charge on any atom is 0.0735 e. The van der Waals surface area contributed by atoms with Gasteiger partial charge < -0.3 is 0 Å². The van der Waals surface area contributed by atoms with Crippen molar-refractivity contribution in [1.82, 2.24) is 4.98 Å².